The third-order valence-electron chi connectivity index (χ3n) is 3.44. The third-order valence-corrected chi connectivity index (χ3v) is 3.68. The number of halogens is 1. The van der Waals surface area contributed by atoms with E-state index in [1.807, 2.05) is 12.1 Å². The molecule has 0 aromatic heterocycles. The maximum Gasteiger partial charge on any atom is 0.0409 e. The predicted molar refractivity (Wildman–Crippen MR) is 69.8 cm³/mol. The van der Waals surface area contributed by atoms with E-state index in [1.165, 1.54) is 24.8 Å². The number of nitrogens with one attached hydrogen (secondary N) is 1. The third kappa shape index (κ3) is 2.99. The van der Waals surface area contributed by atoms with Gasteiger partial charge >= 0.3 is 0 Å². The highest BCUT2D eigenvalue weighted by molar-refractivity contribution is 6.30. The SMILES string of the molecule is CCC(N[C@H](C)c1cccc(Cl)c1)C1CC1. The number of hydrogen-bond donors (Lipinski definition) is 1. The van der Waals surface area contributed by atoms with Gasteiger partial charge < -0.3 is 5.32 Å². The minimum atomic E-state index is 0.393. The van der Waals surface area contributed by atoms with Crippen LogP contribution in [0.4, 0.5) is 0 Å². The Morgan fingerprint density at radius 1 is 1.44 bits per heavy atom. The van der Waals surface area contributed by atoms with Crippen LogP contribution in [0.15, 0.2) is 24.3 Å². The standard InChI is InChI=1S/C14H20ClN/c1-3-14(11-7-8-11)16-10(2)12-5-4-6-13(15)9-12/h4-6,9-11,14,16H,3,7-8H2,1-2H3/t10-,14?/m1/s1. The van der Waals surface area contributed by atoms with Crippen molar-refractivity contribution in [3.05, 3.63) is 34.9 Å². The molecule has 2 rings (SSSR count). The lowest BCUT2D eigenvalue weighted by Gasteiger charge is -2.22. The highest BCUT2D eigenvalue weighted by Crippen LogP contribution is 2.35. The molecule has 0 spiro atoms. The summed E-state index contributed by atoms with van der Waals surface area (Å²) in [4.78, 5) is 0. The maximum atomic E-state index is 6.01. The Bertz CT molecular complexity index is 346. The first-order valence-corrected chi connectivity index (χ1v) is 6.60. The van der Waals surface area contributed by atoms with Gasteiger partial charge in [0.05, 0.1) is 0 Å². The molecule has 1 aliphatic carbocycles. The molecule has 1 saturated carbocycles. The van der Waals surface area contributed by atoms with Crippen LogP contribution in [0.1, 0.15) is 44.7 Å². The molecule has 1 N–H and O–H groups in total. The van der Waals surface area contributed by atoms with Gasteiger partial charge in [-0.3, -0.25) is 0 Å². The van der Waals surface area contributed by atoms with Gasteiger partial charge in [0.25, 0.3) is 0 Å². The highest BCUT2D eigenvalue weighted by Gasteiger charge is 2.30. The summed E-state index contributed by atoms with van der Waals surface area (Å²) in [5.41, 5.74) is 1.28. The molecule has 1 aromatic carbocycles. The Hall–Kier alpha value is -0.530. The quantitative estimate of drug-likeness (QED) is 0.810. The zero-order chi connectivity index (χ0) is 11.5. The average Bonchev–Trinajstić information content (AvgIpc) is 3.09. The Labute approximate surface area is 103 Å². The topological polar surface area (TPSA) is 12.0 Å². The van der Waals surface area contributed by atoms with Crippen molar-refractivity contribution in [2.75, 3.05) is 0 Å². The van der Waals surface area contributed by atoms with Crippen LogP contribution in [0.25, 0.3) is 0 Å². The highest BCUT2D eigenvalue weighted by atomic mass is 35.5. The van der Waals surface area contributed by atoms with E-state index in [-0.39, 0.29) is 0 Å². The smallest absolute Gasteiger partial charge is 0.0409 e. The van der Waals surface area contributed by atoms with E-state index in [1.54, 1.807) is 0 Å². The monoisotopic (exact) mass is 237 g/mol. The normalized spacial score (nSPS) is 19.4. The molecule has 0 bridgehead atoms. The molecule has 1 aromatic rings. The molecular formula is C14H20ClN. The zero-order valence-corrected chi connectivity index (χ0v) is 10.8. The summed E-state index contributed by atoms with van der Waals surface area (Å²) in [7, 11) is 0. The molecule has 88 valence electrons. The molecule has 1 unspecified atom stereocenters. The van der Waals surface area contributed by atoms with Crippen molar-refractivity contribution < 1.29 is 0 Å². The van der Waals surface area contributed by atoms with Gasteiger partial charge in [-0.1, -0.05) is 30.7 Å². The maximum absolute atomic E-state index is 6.01. The predicted octanol–water partition coefficient (Wildman–Crippen LogP) is 4.18. The van der Waals surface area contributed by atoms with Crippen LogP contribution in [-0.2, 0) is 0 Å². The summed E-state index contributed by atoms with van der Waals surface area (Å²) in [6.07, 6.45) is 4.01. The first-order chi connectivity index (χ1) is 7.70. The van der Waals surface area contributed by atoms with Crippen molar-refractivity contribution in [3.8, 4) is 0 Å². The number of hydrogen-bond acceptors (Lipinski definition) is 1. The second-order valence-corrected chi connectivity index (χ2v) is 5.23. The summed E-state index contributed by atoms with van der Waals surface area (Å²) < 4.78 is 0. The van der Waals surface area contributed by atoms with Crippen molar-refractivity contribution in [1.29, 1.82) is 0 Å². The van der Waals surface area contributed by atoms with Gasteiger partial charge in [-0.15, -0.1) is 0 Å². The van der Waals surface area contributed by atoms with E-state index in [0.29, 0.717) is 12.1 Å². The fourth-order valence-corrected chi connectivity index (χ4v) is 2.48. The lowest BCUT2D eigenvalue weighted by Crippen LogP contribution is -2.32. The van der Waals surface area contributed by atoms with E-state index in [2.05, 4.69) is 31.3 Å². The molecule has 2 atom stereocenters. The summed E-state index contributed by atoms with van der Waals surface area (Å²) in [5.74, 6) is 0.909. The molecule has 1 nitrogen and oxygen atoms in total. The molecular weight excluding hydrogens is 218 g/mol. The molecule has 0 aliphatic heterocycles. The zero-order valence-electron chi connectivity index (χ0n) is 10.0. The molecule has 0 saturated heterocycles. The van der Waals surface area contributed by atoms with Crippen LogP contribution in [0, 0.1) is 5.92 Å². The van der Waals surface area contributed by atoms with Crippen LogP contribution in [0.5, 0.6) is 0 Å². The second kappa shape index (κ2) is 5.20. The second-order valence-electron chi connectivity index (χ2n) is 4.80. The van der Waals surface area contributed by atoms with Gasteiger partial charge in [0, 0.05) is 17.1 Å². The van der Waals surface area contributed by atoms with Crippen molar-refractivity contribution in [3.63, 3.8) is 0 Å². The Kier molecular flexibility index (Phi) is 3.88. The fourth-order valence-electron chi connectivity index (χ4n) is 2.28. The van der Waals surface area contributed by atoms with Crippen molar-refractivity contribution >= 4 is 11.6 Å². The van der Waals surface area contributed by atoms with Crippen LogP contribution in [0.3, 0.4) is 0 Å². The summed E-state index contributed by atoms with van der Waals surface area (Å²) in [5, 5.41) is 4.54. The van der Waals surface area contributed by atoms with Crippen LogP contribution >= 0.6 is 11.6 Å². The average molecular weight is 238 g/mol. The van der Waals surface area contributed by atoms with Gasteiger partial charge in [0.2, 0.25) is 0 Å². The first-order valence-electron chi connectivity index (χ1n) is 6.22. The molecule has 0 heterocycles. The Balaban J connectivity index is 1.98. The minimum Gasteiger partial charge on any atom is -0.307 e. The van der Waals surface area contributed by atoms with Crippen LogP contribution in [-0.4, -0.2) is 6.04 Å². The molecule has 1 fully saturated rings. The van der Waals surface area contributed by atoms with Crippen LogP contribution in [0.2, 0.25) is 5.02 Å². The van der Waals surface area contributed by atoms with E-state index >= 15 is 0 Å². The van der Waals surface area contributed by atoms with Gasteiger partial charge in [-0.05, 0) is 49.8 Å². The van der Waals surface area contributed by atoms with Crippen molar-refractivity contribution in [1.82, 2.24) is 5.32 Å². The van der Waals surface area contributed by atoms with E-state index in [4.69, 9.17) is 11.6 Å². The lowest BCUT2D eigenvalue weighted by atomic mass is 10.0. The van der Waals surface area contributed by atoms with Gasteiger partial charge in [-0.2, -0.15) is 0 Å². The molecule has 2 heteroatoms. The number of benzene rings is 1. The van der Waals surface area contributed by atoms with Gasteiger partial charge in [0.15, 0.2) is 0 Å². The molecule has 0 radical (unpaired) electrons. The largest absolute Gasteiger partial charge is 0.307 e. The Morgan fingerprint density at radius 2 is 2.19 bits per heavy atom. The van der Waals surface area contributed by atoms with E-state index in [9.17, 15) is 0 Å². The van der Waals surface area contributed by atoms with E-state index in [0.717, 1.165) is 10.9 Å². The van der Waals surface area contributed by atoms with Gasteiger partial charge in [0.1, 0.15) is 0 Å². The summed E-state index contributed by atoms with van der Waals surface area (Å²) >= 11 is 6.01. The van der Waals surface area contributed by atoms with Crippen LogP contribution < -0.4 is 5.32 Å². The fraction of sp³-hybridized carbons (Fsp3) is 0.571. The lowest BCUT2D eigenvalue weighted by molar-refractivity contribution is 0.405. The van der Waals surface area contributed by atoms with Crippen molar-refractivity contribution in [2.24, 2.45) is 5.92 Å². The number of rotatable bonds is 5. The van der Waals surface area contributed by atoms with Crippen molar-refractivity contribution in [2.45, 2.75) is 45.2 Å². The Morgan fingerprint density at radius 3 is 2.75 bits per heavy atom. The first kappa shape index (κ1) is 11.9. The summed E-state index contributed by atoms with van der Waals surface area (Å²) in [6, 6.07) is 9.21. The van der Waals surface area contributed by atoms with Gasteiger partial charge in [-0.25, -0.2) is 0 Å². The summed E-state index contributed by atoms with van der Waals surface area (Å²) in [6.45, 7) is 4.48. The molecule has 16 heavy (non-hydrogen) atoms. The minimum absolute atomic E-state index is 0.393. The van der Waals surface area contributed by atoms with E-state index < -0.39 is 0 Å². The molecule has 1 aliphatic rings. The molecule has 0 amide bonds.